The lowest BCUT2D eigenvalue weighted by molar-refractivity contribution is -0.146. The van der Waals surface area contributed by atoms with E-state index in [1.54, 1.807) is 0 Å². The Morgan fingerprint density at radius 3 is 2.47 bits per heavy atom. The van der Waals surface area contributed by atoms with Crippen molar-refractivity contribution in [2.75, 3.05) is 5.32 Å². The number of likely N-dealkylation sites (tertiary alicyclic amines) is 1. The molecule has 9 unspecified atom stereocenters. The molecule has 4 fully saturated rings. The molecule has 2 N–H and O–H groups in total. The number of aryl methyl sites for hydroxylation is 1. The normalized spacial score (nSPS) is 39.8. The van der Waals surface area contributed by atoms with Crippen LogP contribution >= 0.6 is 0 Å². The van der Waals surface area contributed by atoms with Crippen molar-refractivity contribution in [3.05, 3.63) is 42.0 Å². The van der Waals surface area contributed by atoms with Crippen LogP contribution in [0.2, 0.25) is 0 Å². The molecule has 2 bridgehead atoms. The molecule has 2 aliphatic carbocycles. The minimum Gasteiger partial charge on any atom is -0.359 e. The largest absolute Gasteiger partial charge is 0.359 e. The van der Waals surface area contributed by atoms with E-state index >= 15 is 0 Å². The van der Waals surface area contributed by atoms with E-state index in [-0.39, 0.29) is 29.8 Å². The molecule has 1 aromatic rings. The van der Waals surface area contributed by atoms with Crippen LogP contribution in [-0.4, -0.2) is 52.5 Å². The summed E-state index contributed by atoms with van der Waals surface area (Å²) < 4.78 is 6.56. The lowest BCUT2D eigenvalue weighted by Gasteiger charge is -2.42. The number of nitrogens with one attached hydrogen (secondary N) is 2. The summed E-state index contributed by atoms with van der Waals surface area (Å²) in [5.41, 5.74) is 0.654. The zero-order chi connectivity index (χ0) is 26.6. The Labute approximate surface area is 225 Å². The molecule has 5 aliphatic rings. The summed E-state index contributed by atoms with van der Waals surface area (Å²) in [6.45, 7) is 6.38. The highest BCUT2D eigenvalue weighted by Gasteiger charge is 2.73. The number of amides is 3. The predicted octanol–water partition coefficient (Wildman–Crippen LogP) is 4.36. The Kier molecular flexibility index (Phi) is 6.61. The molecule has 3 heterocycles. The number of fused-ring (bicyclic) bond motifs is 1. The van der Waals surface area contributed by atoms with E-state index in [2.05, 4.69) is 24.5 Å². The van der Waals surface area contributed by atoms with Gasteiger partial charge < -0.3 is 20.3 Å². The van der Waals surface area contributed by atoms with Crippen LogP contribution in [0.15, 0.2) is 36.4 Å². The van der Waals surface area contributed by atoms with E-state index in [0.29, 0.717) is 17.5 Å². The molecule has 2 saturated heterocycles. The maximum atomic E-state index is 14.4. The van der Waals surface area contributed by atoms with Gasteiger partial charge in [-0.05, 0) is 62.1 Å². The van der Waals surface area contributed by atoms with E-state index in [0.717, 1.165) is 50.5 Å². The third-order valence-electron chi connectivity index (χ3n) is 10.0. The predicted molar refractivity (Wildman–Crippen MR) is 145 cm³/mol. The first-order valence-electron chi connectivity index (χ1n) is 14.7. The van der Waals surface area contributed by atoms with E-state index < -0.39 is 29.6 Å². The number of hydrogen-bond acceptors (Lipinski definition) is 4. The van der Waals surface area contributed by atoms with Crippen LogP contribution in [0.25, 0.3) is 0 Å². The summed E-state index contributed by atoms with van der Waals surface area (Å²) in [6, 6.07) is 7.00. The van der Waals surface area contributed by atoms with Gasteiger partial charge in [0.05, 0.1) is 17.9 Å². The van der Waals surface area contributed by atoms with Gasteiger partial charge in [0.25, 0.3) is 0 Å². The molecule has 1 aromatic carbocycles. The molecule has 6 rings (SSSR count). The molecular weight excluding hydrogens is 478 g/mol. The molecule has 204 valence electrons. The number of ether oxygens (including phenoxy) is 1. The van der Waals surface area contributed by atoms with E-state index in [1.165, 1.54) is 6.42 Å². The Morgan fingerprint density at radius 1 is 1.00 bits per heavy atom. The second-order valence-corrected chi connectivity index (χ2v) is 12.5. The molecule has 7 heteroatoms. The van der Waals surface area contributed by atoms with Gasteiger partial charge in [0.15, 0.2) is 0 Å². The quantitative estimate of drug-likeness (QED) is 0.566. The standard InChI is InChI=1S/C31H41N3O4/c1-18-9-8-12-21(17-18)32-28(35)25-24-15-16-31(38-24)26(25)30(37)34(23-14-7-5-11-20(23)3)27(31)29(36)33-22-13-6-4-10-19(22)2/h8-9,12,15-17,19-20,22-27H,4-7,10-11,13-14H2,1-3H3,(H,32,35)(H,33,36). The van der Waals surface area contributed by atoms with Crippen molar-refractivity contribution < 1.29 is 19.1 Å². The van der Waals surface area contributed by atoms with Crippen LogP contribution in [-0.2, 0) is 19.1 Å². The number of hydrogen-bond donors (Lipinski definition) is 2. The van der Waals surface area contributed by atoms with Crippen LogP contribution in [0.3, 0.4) is 0 Å². The summed E-state index contributed by atoms with van der Waals surface area (Å²) >= 11 is 0. The van der Waals surface area contributed by atoms with Gasteiger partial charge in [0.2, 0.25) is 17.7 Å². The summed E-state index contributed by atoms with van der Waals surface area (Å²) in [6.07, 6.45) is 11.8. The lowest BCUT2D eigenvalue weighted by atomic mass is 9.74. The third-order valence-corrected chi connectivity index (χ3v) is 10.0. The Hall–Kier alpha value is -2.67. The minimum absolute atomic E-state index is 0.0210. The maximum absolute atomic E-state index is 14.4. The number of anilines is 1. The lowest BCUT2D eigenvalue weighted by Crippen LogP contribution is -2.60. The fourth-order valence-electron chi connectivity index (χ4n) is 8.01. The molecule has 0 aromatic heterocycles. The minimum atomic E-state index is -1.10. The fraction of sp³-hybridized carbons (Fsp3) is 0.645. The van der Waals surface area contributed by atoms with Gasteiger partial charge in [-0.25, -0.2) is 0 Å². The first-order chi connectivity index (χ1) is 18.3. The van der Waals surface area contributed by atoms with E-state index in [1.807, 2.05) is 48.2 Å². The molecule has 7 nitrogen and oxygen atoms in total. The number of rotatable bonds is 5. The van der Waals surface area contributed by atoms with Crippen LogP contribution in [0.4, 0.5) is 5.69 Å². The number of nitrogens with zero attached hydrogens (tertiary/aromatic N) is 1. The Balaban J connectivity index is 1.34. The number of benzene rings is 1. The van der Waals surface area contributed by atoms with Crippen molar-refractivity contribution in [2.45, 2.75) is 102 Å². The van der Waals surface area contributed by atoms with Gasteiger partial charge in [-0.1, -0.05) is 63.8 Å². The summed E-state index contributed by atoms with van der Waals surface area (Å²) in [7, 11) is 0. The molecule has 1 spiro atoms. The monoisotopic (exact) mass is 519 g/mol. The van der Waals surface area contributed by atoms with Crippen molar-refractivity contribution in [2.24, 2.45) is 23.7 Å². The second kappa shape index (κ2) is 9.82. The van der Waals surface area contributed by atoms with E-state index in [9.17, 15) is 14.4 Å². The molecule has 3 aliphatic heterocycles. The molecule has 9 atom stereocenters. The SMILES string of the molecule is Cc1cccc(NC(=O)C2C3C=CC4(O3)C2C(=O)N(C2CCCCC2C)C4C(=O)NC2CCCCC2C)c1. The van der Waals surface area contributed by atoms with Gasteiger partial charge in [-0.2, -0.15) is 0 Å². The van der Waals surface area contributed by atoms with Gasteiger partial charge in [-0.15, -0.1) is 0 Å². The number of carbonyl (C=O) groups is 3. The summed E-state index contributed by atoms with van der Waals surface area (Å²) in [5.74, 6) is -1.10. The van der Waals surface area contributed by atoms with Gasteiger partial charge in [0.1, 0.15) is 11.6 Å². The van der Waals surface area contributed by atoms with Crippen molar-refractivity contribution in [3.63, 3.8) is 0 Å². The van der Waals surface area contributed by atoms with E-state index in [4.69, 9.17) is 4.74 Å². The Bertz CT molecular complexity index is 1150. The van der Waals surface area contributed by atoms with Crippen molar-refractivity contribution >= 4 is 23.4 Å². The molecular formula is C31H41N3O4. The fourth-order valence-corrected chi connectivity index (χ4v) is 8.01. The molecule has 2 saturated carbocycles. The van der Waals surface area contributed by atoms with Crippen LogP contribution < -0.4 is 10.6 Å². The molecule has 38 heavy (non-hydrogen) atoms. The smallest absolute Gasteiger partial charge is 0.246 e. The van der Waals surface area contributed by atoms with Gasteiger partial charge in [0, 0.05) is 17.8 Å². The first kappa shape index (κ1) is 25.6. The summed E-state index contributed by atoms with van der Waals surface area (Å²) in [5, 5.41) is 6.38. The van der Waals surface area contributed by atoms with Crippen LogP contribution in [0.5, 0.6) is 0 Å². The second-order valence-electron chi connectivity index (χ2n) is 12.5. The van der Waals surface area contributed by atoms with Crippen LogP contribution in [0, 0.1) is 30.6 Å². The highest BCUT2D eigenvalue weighted by Crippen LogP contribution is 2.56. The first-order valence-corrected chi connectivity index (χ1v) is 14.7. The average molecular weight is 520 g/mol. The molecule has 3 amide bonds. The zero-order valence-electron chi connectivity index (χ0n) is 22.8. The topological polar surface area (TPSA) is 87.7 Å². The van der Waals surface area contributed by atoms with Crippen molar-refractivity contribution in [1.82, 2.24) is 10.2 Å². The highest BCUT2D eigenvalue weighted by atomic mass is 16.5. The molecule has 0 radical (unpaired) electrons. The average Bonchev–Trinajstić information content (AvgIpc) is 3.53. The van der Waals surface area contributed by atoms with Crippen molar-refractivity contribution in [3.8, 4) is 0 Å². The van der Waals surface area contributed by atoms with Crippen molar-refractivity contribution in [1.29, 1.82) is 0 Å². The maximum Gasteiger partial charge on any atom is 0.246 e. The van der Waals surface area contributed by atoms with Gasteiger partial charge in [-0.3, -0.25) is 14.4 Å². The zero-order valence-corrected chi connectivity index (χ0v) is 22.8. The van der Waals surface area contributed by atoms with Gasteiger partial charge >= 0.3 is 0 Å². The number of carbonyl (C=O) groups excluding carboxylic acids is 3. The summed E-state index contributed by atoms with van der Waals surface area (Å²) in [4.78, 5) is 44.1. The third kappa shape index (κ3) is 4.09. The van der Waals surface area contributed by atoms with Crippen LogP contribution in [0.1, 0.15) is 70.8 Å². The Morgan fingerprint density at radius 2 is 1.74 bits per heavy atom. The highest BCUT2D eigenvalue weighted by molar-refractivity contribution is 6.03.